The van der Waals surface area contributed by atoms with E-state index in [0.717, 1.165) is 70.6 Å². The summed E-state index contributed by atoms with van der Waals surface area (Å²) in [5.74, 6) is -1.98. The molecule has 0 rings (SSSR count). The Morgan fingerprint density at radius 3 is 0.876 bits per heavy atom. The molecule has 0 spiro atoms. The van der Waals surface area contributed by atoms with Crippen LogP contribution in [0.25, 0.3) is 0 Å². The third kappa shape index (κ3) is 80.2. The summed E-state index contributed by atoms with van der Waals surface area (Å²) in [7, 11) is 6.00. The molecule has 0 aromatic heterocycles. The van der Waals surface area contributed by atoms with E-state index in [0.29, 0.717) is 17.4 Å². The minimum Gasteiger partial charge on any atom is -0.477 e. The van der Waals surface area contributed by atoms with Gasteiger partial charge in [-0.1, -0.05) is 415 Å². The number of carbonyl (C=O) groups is 3. The summed E-state index contributed by atoms with van der Waals surface area (Å²) in [5, 5.41) is 9.78. The quantitative estimate of drug-likeness (QED) is 0.0211. The van der Waals surface area contributed by atoms with Gasteiger partial charge in [0.25, 0.3) is 6.29 Å². The first-order chi connectivity index (χ1) is 47.6. The van der Waals surface area contributed by atoms with Crippen LogP contribution in [0.5, 0.6) is 0 Å². The van der Waals surface area contributed by atoms with E-state index in [9.17, 15) is 19.5 Å². The first kappa shape index (κ1) is 94.0. The van der Waals surface area contributed by atoms with Crippen molar-refractivity contribution in [1.82, 2.24) is 0 Å². The molecule has 0 aliphatic heterocycles. The van der Waals surface area contributed by atoms with Crippen LogP contribution in [0.3, 0.4) is 0 Å². The molecular weight excluding hydrogens is 1200 g/mol. The zero-order chi connectivity index (χ0) is 70.4. The number of carboxylic acid groups (broad SMARTS) is 1. The number of quaternary nitrogens is 1. The molecule has 2 atom stereocenters. The van der Waals surface area contributed by atoms with Gasteiger partial charge in [-0.15, -0.1) is 0 Å². The molecule has 0 heterocycles. The molecule has 2 unspecified atom stereocenters. The number of rotatable bonds is 80. The number of unbranched alkanes of at least 4 members (excludes halogenated alkanes) is 55. The van der Waals surface area contributed by atoms with Crippen LogP contribution in [0.1, 0.15) is 425 Å². The smallest absolute Gasteiger partial charge is 0.361 e. The summed E-state index contributed by atoms with van der Waals surface area (Å²) in [6.07, 6.45) is 103. The number of likely N-dealkylation sites (N-methyl/N-ethyl adjacent to an activating group) is 1. The van der Waals surface area contributed by atoms with Crippen molar-refractivity contribution >= 4 is 17.9 Å². The number of hydrogen-bond donors (Lipinski definition) is 1. The van der Waals surface area contributed by atoms with Gasteiger partial charge in [-0.25, -0.2) is 4.79 Å². The van der Waals surface area contributed by atoms with Gasteiger partial charge in [-0.2, -0.15) is 0 Å². The average Bonchev–Trinajstić information content (AvgIpc) is 2.39. The molecule has 0 radical (unpaired) electrons. The maximum Gasteiger partial charge on any atom is 0.361 e. The second kappa shape index (κ2) is 78.7. The van der Waals surface area contributed by atoms with Gasteiger partial charge in [0.2, 0.25) is 0 Å². The standard InChI is InChI=1S/C88H163NO8/c1-6-8-10-12-14-16-18-20-22-24-26-28-30-32-34-36-38-39-40-41-42-43-44-45-46-47-49-50-52-54-56-58-60-62-64-66-68-70-72-74-76-78-85(90)95-82-84(83-96-88(87(92)93)94-81-80-89(3,4)5)97-86(91)79-77-75-73-71-69-67-65-63-61-59-57-55-53-51-48-37-35-33-31-29-27-25-23-21-19-17-15-13-11-9-7-2/h9,11,15,17,21,23,27,29,33,35,84,88H,6-8,10,12-14,16,18-20,22,24-26,28,30-32,34,36-83H2,1-5H3/p+1/b11-9-,17-15-,23-21-,29-27-,35-33-. The molecular formula is C88H164NO8+. The van der Waals surface area contributed by atoms with E-state index in [1.54, 1.807) is 0 Å². The van der Waals surface area contributed by atoms with Gasteiger partial charge in [-0.3, -0.25) is 9.59 Å². The molecule has 9 nitrogen and oxygen atoms in total. The third-order valence-electron chi connectivity index (χ3n) is 19.3. The van der Waals surface area contributed by atoms with Gasteiger partial charge in [0.15, 0.2) is 6.10 Å². The topological polar surface area (TPSA) is 108 Å². The van der Waals surface area contributed by atoms with Crippen LogP contribution in [-0.4, -0.2) is 87.4 Å². The highest BCUT2D eigenvalue weighted by Crippen LogP contribution is 2.20. The fourth-order valence-corrected chi connectivity index (χ4v) is 12.9. The largest absolute Gasteiger partial charge is 0.477 e. The van der Waals surface area contributed by atoms with Gasteiger partial charge < -0.3 is 28.5 Å². The van der Waals surface area contributed by atoms with Gasteiger partial charge in [0.1, 0.15) is 13.2 Å². The fourth-order valence-electron chi connectivity index (χ4n) is 12.9. The summed E-state index contributed by atoms with van der Waals surface area (Å²) in [6, 6.07) is 0. The lowest BCUT2D eigenvalue weighted by molar-refractivity contribution is -0.870. The number of esters is 2. The number of ether oxygens (including phenoxy) is 4. The zero-order valence-electron chi connectivity index (χ0n) is 65.3. The van der Waals surface area contributed by atoms with Crippen molar-refractivity contribution in [3.8, 4) is 0 Å². The van der Waals surface area contributed by atoms with E-state index in [-0.39, 0.29) is 38.2 Å². The highest BCUT2D eigenvalue weighted by Gasteiger charge is 2.25. The number of aliphatic carboxylic acids is 1. The van der Waals surface area contributed by atoms with Gasteiger partial charge in [0, 0.05) is 12.8 Å². The second-order valence-corrected chi connectivity index (χ2v) is 30.1. The Morgan fingerprint density at radius 1 is 0.320 bits per heavy atom. The molecule has 0 fully saturated rings. The van der Waals surface area contributed by atoms with Crippen LogP contribution in [0, 0.1) is 0 Å². The average molecular weight is 1360 g/mol. The molecule has 0 aromatic carbocycles. The zero-order valence-corrected chi connectivity index (χ0v) is 65.3. The van der Waals surface area contributed by atoms with Crippen LogP contribution in [0.4, 0.5) is 0 Å². The normalized spacial score (nSPS) is 12.9. The predicted octanol–water partition coefficient (Wildman–Crippen LogP) is 27.4. The SMILES string of the molecule is CC/C=C\C/C=C\C/C=C\C/C=C\C/C=C\CCCCCCCCCCCCCCCCCC(=O)OC(COC(=O)CCCCCCCCCCCCCCCCCCCCCCCCCCCCCCCCCCCCCCCCCCC)COC(OCC[N+](C)(C)C)C(=O)O. The van der Waals surface area contributed by atoms with Crippen molar-refractivity contribution < 1.29 is 42.9 Å². The lowest BCUT2D eigenvalue weighted by atomic mass is 10.0. The number of hydrogen-bond acceptors (Lipinski definition) is 7. The second-order valence-electron chi connectivity index (χ2n) is 30.1. The molecule has 0 aliphatic carbocycles. The fraction of sp³-hybridized carbons (Fsp3) is 0.852. The van der Waals surface area contributed by atoms with E-state index >= 15 is 0 Å². The van der Waals surface area contributed by atoms with Crippen LogP contribution < -0.4 is 0 Å². The summed E-state index contributed by atoms with van der Waals surface area (Å²) < 4.78 is 23.1. The minimum atomic E-state index is -1.51. The Morgan fingerprint density at radius 2 is 0.588 bits per heavy atom. The molecule has 0 saturated heterocycles. The lowest BCUT2D eigenvalue weighted by Gasteiger charge is -2.25. The van der Waals surface area contributed by atoms with Crippen molar-refractivity contribution in [1.29, 1.82) is 0 Å². The van der Waals surface area contributed by atoms with Crippen molar-refractivity contribution in [2.45, 2.75) is 437 Å². The van der Waals surface area contributed by atoms with Gasteiger partial charge in [-0.05, 0) is 57.8 Å². The Hall–Kier alpha value is -3.01. The monoisotopic (exact) mass is 1360 g/mol. The molecule has 0 bridgehead atoms. The van der Waals surface area contributed by atoms with E-state index in [4.69, 9.17) is 18.9 Å². The van der Waals surface area contributed by atoms with Gasteiger partial charge in [0.05, 0.1) is 34.4 Å². The van der Waals surface area contributed by atoms with Crippen molar-refractivity contribution in [3.05, 3.63) is 60.8 Å². The molecule has 568 valence electrons. The van der Waals surface area contributed by atoms with E-state index in [2.05, 4.69) is 74.6 Å². The summed E-state index contributed by atoms with van der Waals surface area (Å²) in [6.45, 7) is 4.84. The minimum absolute atomic E-state index is 0.178. The first-order valence-electron chi connectivity index (χ1n) is 42.5. The summed E-state index contributed by atoms with van der Waals surface area (Å²) >= 11 is 0. The van der Waals surface area contributed by atoms with Crippen LogP contribution in [-0.2, 0) is 33.3 Å². The molecule has 0 saturated carbocycles. The Kier molecular flexibility index (Phi) is 76.3. The molecule has 0 amide bonds. The molecule has 97 heavy (non-hydrogen) atoms. The van der Waals surface area contributed by atoms with Crippen LogP contribution >= 0.6 is 0 Å². The van der Waals surface area contributed by atoms with Crippen LogP contribution in [0.2, 0.25) is 0 Å². The third-order valence-corrected chi connectivity index (χ3v) is 19.3. The van der Waals surface area contributed by atoms with Crippen LogP contribution in [0.15, 0.2) is 60.8 Å². The van der Waals surface area contributed by atoms with Crippen molar-refractivity contribution in [2.24, 2.45) is 0 Å². The first-order valence-corrected chi connectivity index (χ1v) is 42.5. The molecule has 9 heteroatoms. The number of carboxylic acids is 1. The predicted molar refractivity (Wildman–Crippen MR) is 420 cm³/mol. The molecule has 1 N–H and O–H groups in total. The summed E-state index contributed by atoms with van der Waals surface area (Å²) in [5.41, 5.74) is 0. The Labute approximate surface area is 603 Å². The van der Waals surface area contributed by atoms with E-state index < -0.39 is 18.4 Å². The highest BCUT2D eigenvalue weighted by molar-refractivity contribution is 5.71. The van der Waals surface area contributed by atoms with Crippen molar-refractivity contribution in [3.63, 3.8) is 0 Å². The maximum atomic E-state index is 13.0. The maximum absolute atomic E-state index is 13.0. The number of nitrogens with zero attached hydrogens (tertiary/aromatic N) is 1. The van der Waals surface area contributed by atoms with Gasteiger partial charge >= 0.3 is 17.9 Å². The van der Waals surface area contributed by atoms with Crippen molar-refractivity contribution in [2.75, 3.05) is 47.5 Å². The summed E-state index contributed by atoms with van der Waals surface area (Å²) in [4.78, 5) is 37.8. The Balaban J connectivity index is 3.92. The van der Waals surface area contributed by atoms with E-state index in [1.165, 1.54) is 327 Å². The molecule has 0 aliphatic rings. The van der Waals surface area contributed by atoms with E-state index in [1.807, 2.05) is 21.1 Å². The number of carbonyl (C=O) groups excluding carboxylic acids is 2. The Bertz CT molecular complexity index is 1780. The number of allylic oxidation sites excluding steroid dienone is 10. The molecule has 0 aromatic rings. The lowest BCUT2D eigenvalue weighted by Crippen LogP contribution is -2.40. The highest BCUT2D eigenvalue weighted by atomic mass is 16.7.